The van der Waals surface area contributed by atoms with Gasteiger partial charge in [0.1, 0.15) is 12.3 Å². The zero-order chi connectivity index (χ0) is 19.9. The largest absolute Gasteiger partial charge is 0.435 e. The number of halogens is 2. The Hall–Kier alpha value is -3.69. The van der Waals surface area contributed by atoms with Crippen LogP contribution in [-0.2, 0) is 11.3 Å². The molecule has 0 bridgehead atoms. The third-order valence-electron chi connectivity index (χ3n) is 3.62. The SMILES string of the molecule is C/C(=N\NC(=O)Cn1nnc(-c2ccccc2)n1)c1ccc(OC(F)F)cc1. The van der Waals surface area contributed by atoms with Crippen molar-refractivity contribution in [3.63, 3.8) is 0 Å². The van der Waals surface area contributed by atoms with Gasteiger partial charge in [-0.15, -0.1) is 10.2 Å². The first-order valence-corrected chi connectivity index (χ1v) is 8.23. The predicted molar refractivity (Wildman–Crippen MR) is 96.7 cm³/mol. The van der Waals surface area contributed by atoms with Gasteiger partial charge >= 0.3 is 6.61 Å². The molecule has 1 aromatic heterocycles. The highest BCUT2D eigenvalue weighted by molar-refractivity contribution is 5.99. The van der Waals surface area contributed by atoms with Crippen molar-refractivity contribution in [3.05, 3.63) is 60.2 Å². The van der Waals surface area contributed by atoms with Crippen LogP contribution in [0.15, 0.2) is 59.7 Å². The first kappa shape index (κ1) is 19.1. The lowest BCUT2D eigenvalue weighted by Gasteiger charge is -2.06. The molecule has 0 saturated carbocycles. The van der Waals surface area contributed by atoms with Crippen LogP contribution in [0.1, 0.15) is 12.5 Å². The number of hydrogen-bond donors (Lipinski definition) is 1. The van der Waals surface area contributed by atoms with Crippen LogP contribution in [-0.4, -0.2) is 38.4 Å². The van der Waals surface area contributed by atoms with E-state index in [1.807, 2.05) is 30.3 Å². The van der Waals surface area contributed by atoms with Crippen molar-refractivity contribution < 1.29 is 18.3 Å². The van der Waals surface area contributed by atoms with Crippen LogP contribution >= 0.6 is 0 Å². The lowest BCUT2D eigenvalue weighted by Crippen LogP contribution is -2.25. The molecule has 1 amide bonds. The number of ether oxygens (including phenoxy) is 1. The summed E-state index contributed by atoms with van der Waals surface area (Å²) in [6.07, 6.45) is 0. The minimum Gasteiger partial charge on any atom is -0.435 e. The number of carbonyl (C=O) groups is 1. The van der Waals surface area contributed by atoms with Crippen LogP contribution in [0.4, 0.5) is 8.78 Å². The van der Waals surface area contributed by atoms with Crippen LogP contribution in [0.3, 0.4) is 0 Å². The van der Waals surface area contributed by atoms with Gasteiger partial charge in [-0.25, -0.2) is 5.43 Å². The van der Waals surface area contributed by atoms with E-state index in [-0.39, 0.29) is 12.3 Å². The standard InChI is InChI=1S/C18H16F2N6O2/c1-12(13-7-9-15(10-8-13)28-18(19)20)21-22-16(27)11-26-24-17(23-25-26)14-5-3-2-4-6-14/h2-10,18H,11H2,1H3,(H,22,27)/b21-12+. The average Bonchev–Trinajstić information content (AvgIpc) is 3.15. The Morgan fingerprint density at radius 1 is 1.18 bits per heavy atom. The quantitative estimate of drug-likeness (QED) is 0.497. The molecule has 8 nitrogen and oxygen atoms in total. The van der Waals surface area contributed by atoms with Crippen molar-refractivity contribution in [1.29, 1.82) is 0 Å². The first-order chi connectivity index (χ1) is 13.5. The van der Waals surface area contributed by atoms with Gasteiger partial charge in [0.2, 0.25) is 5.82 Å². The summed E-state index contributed by atoms with van der Waals surface area (Å²) in [5, 5.41) is 15.9. The summed E-state index contributed by atoms with van der Waals surface area (Å²) in [4.78, 5) is 13.2. The smallest absolute Gasteiger partial charge is 0.387 e. The number of nitrogens with zero attached hydrogens (tertiary/aromatic N) is 5. The summed E-state index contributed by atoms with van der Waals surface area (Å²) in [5.74, 6) is 0.0234. The van der Waals surface area contributed by atoms with E-state index in [1.165, 1.54) is 16.9 Å². The van der Waals surface area contributed by atoms with Gasteiger partial charge in [0.15, 0.2) is 0 Å². The fourth-order valence-electron chi connectivity index (χ4n) is 2.27. The number of rotatable bonds is 7. The van der Waals surface area contributed by atoms with E-state index in [0.29, 0.717) is 17.1 Å². The molecule has 0 radical (unpaired) electrons. The second-order valence-electron chi connectivity index (χ2n) is 5.64. The minimum absolute atomic E-state index is 0.0436. The summed E-state index contributed by atoms with van der Waals surface area (Å²) >= 11 is 0. The van der Waals surface area contributed by atoms with Gasteiger partial charge in [0.05, 0.1) is 5.71 Å². The van der Waals surface area contributed by atoms with Crippen LogP contribution in [0.2, 0.25) is 0 Å². The number of nitrogens with one attached hydrogen (secondary N) is 1. The lowest BCUT2D eigenvalue weighted by molar-refractivity contribution is -0.122. The van der Waals surface area contributed by atoms with Gasteiger partial charge in [-0.05, 0) is 42.0 Å². The number of tetrazole rings is 1. The van der Waals surface area contributed by atoms with Crippen molar-refractivity contribution in [2.75, 3.05) is 0 Å². The molecule has 144 valence electrons. The van der Waals surface area contributed by atoms with E-state index >= 15 is 0 Å². The van der Waals surface area contributed by atoms with Crippen molar-refractivity contribution in [3.8, 4) is 17.1 Å². The molecule has 10 heteroatoms. The molecule has 0 aliphatic rings. The molecular weight excluding hydrogens is 370 g/mol. The number of benzene rings is 2. The third-order valence-corrected chi connectivity index (χ3v) is 3.62. The van der Waals surface area contributed by atoms with E-state index in [4.69, 9.17) is 0 Å². The molecule has 1 N–H and O–H groups in total. The summed E-state index contributed by atoms with van der Waals surface area (Å²) in [6.45, 7) is -1.37. The van der Waals surface area contributed by atoms with Gasteiger partial charge in [-0.1, -0.05) is 30.3 Å². The van der Waals surface area contributed by atoms with Gasteiger partial charge < -0.3 is 4.74 Å². The summed E-state index contributed by atoms with van der Waals surface area (Å²) < 4.78 is 28.6. The second kappa shape index (κ2) is 8.80. The number of hydrazone groups is 1. The maximum absolute atomic E-state index is 12.2. The highest BCUT2D eigenvalue weighted by Crippen LogP contribution is 2.15. The summed E-state index contributed by atoms with van der Waals surface area (Å²) in [7, 11) is 0. The maximum atomic E-state index is 12.2. The van der Waals surface area contributed by atoms with Gasteiger partial charge in [0, 0.05) is 5.56 Å². The van der Waals surface area contributed by atoms with E-state index in [1.54, 1.807) is 19.1 Å². The van der Waals surface area contributed by atoms with Crippen LogP contribution < -0.4 is 10.2 Å². The van der Waals surface area contributed by atoms with Crippen LogP contribution in [0, 0.1) is 0 Å². The Labute approximate surface area is 158 Å². The van der Waals surface area contributed by atoms with E-state index in [9.17, 15) is 13.6 Å². The molecule has 1 heterocycles. The van der Waals surface area contributed by atoms with Gasteiger partial charge in [-0.2, -0.15) is 18.7 Å². The Kier molecular flexibility index (Phi) is 6.00. The number of hydrogen-bond acceptors (Lipinski definition) is 6. The molecule has 0 aliphatic heterocycles. The van der Waals surface area contributed by atoms with Crippen molar-refractivity contribution in [2.45, 2.75) is 20.1 Å². The number of amides is 1. The van der Waals surface area contributed by atoms with Crippen LogP contribution in [0.5, 0.6) is 5.75 Å². The van der Waals surface area contributed by atoms with Crippen molar-refractivity contribution >= 4 is 11.6 Å². The fraction of sp³-hybridized carbons (Fsp3) is 0.167. The molecule has 0 aliphatic carbocycles. The van der Waals surface area contributed by atoms with E-state index < -0.39 is 12.5 Å². The average molecular weight is 386 g/mol. The Morgan fingerprint density at radius 3 is 2.57 bits per heavy atom. The van der Waals surface area contributed by atoms with Crippen molar-refractivity contribution in [1.82, 2.24) is 25.6 Å². The van der Waals surface area contributed by atoms with Gasteiger partial charge in [-0.3, -0.25) is 4.79 Å². The Morgan fingerprint density at radius 2 is 1.89 bits per heavy atom. The molecule has 3 aromatic rings. The molecule has 0 unspecified atom stereocenters. The summed E-state index contributed by atoms with van der Waals surface area (Å²) in [6, 6.07) is 15.2. The summed E-state index contributed by atoms with van der Waals surface area (Å²) in [5.41, 5.74) is 4.33. The zero-order valence-corrected chi connectivity index (χ0v) is 14.8. The second-order valence-corrected chi connectivity index (χ2v) is 5.64. The monoisotopic (exact) mass is 386 g/mol. The number of alkyl halides is 2. The Balaban J connectivity index is 1.57. The molecule has 2 aromatic carbocycles. The molecule has 0 spiro atoms. The Bertz CT molecular complexity index is 958. The number of carbonyl (C=O) groups excluding carboxylic acids is 1. The first-order valence-electron chi connectivity index (χ1n) is 8.23. The molecular formula is C18H16F2N6O2. The number of aromatic nitrogens is 4. The third kappa shape index (κ3) is 5.16. The zero-order valence-electron chi connectivity index (χ0n) is 14.8. The topological polar surface area (TPSA) is 94.3 Å². The minimum atomic E-state index is -2.88. The maximum Gasteiger partial charge on any atom is 0.387 e. The predicted octanol–water partition coefficient (Wildman–Crippen LogP) is 2.48. The molecule has 0 atom stereocenters. The molecule has 3 rings (SSSR count). The highest BCUT2D eigenvalue weighted by Gasteiger charge is 2.09. The lowest BCUT2D eigenvalue weighted by atomic mass is 10.1. The van der Waals surface area contributed by atoms with E-state index in [2.05, 4.69) is 30.7 Å². The van der Waals surface area contributed by atoms with Crippen LogP contribution in [0.25, 0.3) is 11.4 Å². The fourth-order valence-corrected chi connectivity index (χ4v) is 2.27. The molecule has 0 saturated heterocycles. The van der Waals surface area contributed by atoms with Gasteiger partial charge in [0.25, 0.3) is 5.91 Å². The normalized spacial score (nSPS) is 11.5. The van der Waals surface area contributed by atoms with E-state index in [0.717, 1.165) is 5.56 Å². The molecule has 0 fully saturated rings. The molecule has 28 heavy (non-hydrogen) atoms. The highest BCUT2D eigenvalue weighted by atomic mass is 19.3. The van der Waals surface area contributed by atoms with Crippen molar-refractivity contribution in [2.24, 2.45) is 5.10 Å².